The number of nitrogens with one attached hydrogen (secondary N) is 2. The summed E-state index contributed by atoms with van der Waals surface area (Å²) in [6.07, 6.45) is 3.41. The van der Waals surface area contributed by atoms with Gasteiger partial charge in [0, 0.05) is 49.5 Å². The maximum Gasteiger partial charge on any atom is 0.324 e. The van der Waals surface area contributed by atoms with Gasteiger partial charge in [-0.05, 0) is 43.5 Å². The van der Waals surface area contributed by atoms with Crippen molar-refractivity contribution in [2.45, 2.75) is 19.3 Å². The van der Waals surface area contributed by atoms with E-state index in [-0.39, 0.29) is 0 Å². The van der Waals surface area contributed by atoms with Crippen molar-refractivity contribution in [1.82, 2.24) is 14.9 Å². The highest BCUT2D eigenvalue weighted by atomic mass is 35.5. The zero-order valence-electron chi connectivity index (χ0n) is 18.1. The standard InChI is InChI=1S/C22H29ClN6O3/c23-17-4-6-18(7-5-17)24-22(30)26-19-16-20(32-15-12-28-10-13-31-14-11-28)27-21(25-19)29-8-2-1-3-9-29/h4-7,16H,1-3,8-15H2,(H2,24,25,26,27,30). The molecule has 2 aromatic rings. The molecule has 0 radical (unpaired) electrons. The summed E-state index contributed by atoms with van der Waals surface area (Å²) >= 11 is 5.90. The highest BCUT2D eigenvalue weighted by molar-refractivity contribution is 6.30. The number of nitrogens with zero attached hydrogens (tertiary/aromatic N) is 4. The maximum absolute atomic E-state index is 12.5. The van der Waals surface area contributed by atoms with Crippen LogP contribution >= 0.6 is 11.6 Å². The molecule has 2 aliphatic rings. The summed E-state index contributed by atoms with van der Waals surface area (Å²) < 4.78 is 11.3. The monoisotopic (exact) mass is 460 g/mol. The predicted molar refractivity (Wildman–Crippen MR) is 125 cm³/mol. The molecule has 0 spiro atoms. The summed E-state index contributed by atoms with van der Waals surface area (Å²) in [5.74, 6) is 1.43. The molecule has 2 amide bonds. The minimum absolute atomic E-state index is 0.394. The fraction of sp³-hybridized carbons (Fsp3) is 0.500. The molecule has 3 heterocycles. The number of piperidine rings is 1. The van der Waals surface area contributed by atoms with E-state index in [0.717, 1.165) is 58.8 Å². The number of ether oxygens (including phenoxy) is 2. The number of urea groups is 1. The third-order valence-electron chi connectivity index (χ3n) is 5.43. The van der Waals surface area contributed by atoms with Crippen LogP contribution in [0.2, 0.25) is 5.02 Å². The second kappa shape index (κ2) is 11.3. The Morgan fingerprint density at radius 2 is 1.78 bits per heavy atom. The van der Waals surface area contributed by atoms with Gasteiger partial charge < -0.3 is 19.7 Å². The fourth-order valence-corrected chi connectivity index (χ4v) is 3.83. The van der Waals surface area contributed by atoms with E-state index in [1.54, 1.807) is 30.3 Å². The van der Waals surface area contributed by atoms with Crippen molar-refractivity contribution in [2.24, 2.45) is 0 Å². The molecule has 32 heavy (non-hydrogen) atoms. The summed E-state index contributed by atoms with van der Waals surface area (Å²) in [6.45, 7) is 6.42. The van der Waals surface area contributed by atoms with Gasteiger partial charge in [-0.15, -0.1) is 0 Å². The van der Waals surface area contributed by atoms with Gasteiger partial charge >= 0.3 is 6.03 Å². The number of hydrogen-bond acceptors (Lipinski definition) is 7. The lowest BCUT2D eigenvalue weighted by Gasteiger charge is -2.27. The lowest BCUT2D eigenvalue weighted by Crippen LogP contribution is -2.38. The lowest BCUT2D eigenvalue weighted by molar-refractivity contribution is 0.0320. The van der Waals surface area contributed by atoms with Crippen molar-refractivity contribution >= 4 is 35.1 Å². The molecule has 1 aromatic carbocycles. The minimum atomic E-state index is -0.394. The first-order chi connectivity index (χ1) is 15.7. The molecule has 4 rings (SSSR count). The molecule has 0 bridgehead atoms. The number of amides is 2. The van der Waals surface area contributed by atoms with Gasteiger partial charge in [0.2, 0.25) is 11.8 Å². The van der Waals surface area contributed by atoms with Gasteiger partial charge in [-0.2, -0.15) is 9.97 Å². The second-order valence-corrected chi connectivity index (χ2v) is 8.26. The minimum Gasteiger partial charge on any atom is -0.476 e. The van der Waals surface area contributed by atoms with Crippen LogP contribution in [-0.2, 0) is 4.74 Å². The average molecular weight is 461 g/mol. The highest BCUT2D eigenvalue weighted by Crippen LogP contribution is 2.22. The number of benzene rings is 1. The van der Waals surface area contributed by atoms with Gasteiger partial charge in [0.05, 0.1) is 13.2 Å². The fourth-order valence-electron chi connectivity index (χ4n) is 3.70. The van der Waals surface area contributed by atoms with Crippen molar-refractivity contribution in [1.29, 1.82) is 0 Å². The summed E-state index contributed by atoms with van der Waals surface area (Å²) in [6, 6.07) is 8.18. The van der Waals surface area contributed by atoms with E-state index in [9.17, 15) is 4.79 Å². The first-order valence-corrected chi connectivity index (χ1v) is 11.4. The Bertz CT molecular complexity index is 886. The largest absolute Gasteiger partial charge is 0.476 e. The third-order valence-corrected chi connectivity index (χ3v) is 5.69. The Morgan fingerprint density at radius 3 is 2.53 bits per heavy atom. The molecular weight excluding hydrogens is 432 g/mol. The zero-order valence-corrected chi connectivity index (χ0v) is 18.8. The summed E-state index contributed by atoms with van der Waals surface area (Å²) in [5, 5.41) is 6.19. The molecule has 172 valence electrons. The molecule has 2 fully saturated rings. The van der Waals surface area contributed by atoms with Crippen LogP contribution in [0.1, 0.15) is 19.3 Å². The van der Waals surface area contributed by atoms with E-state index >= 15 is 0 Å². The molecule has 0 saturated carbocycles. The van der Waals surface area contributed by atoms with E-state index in [0.29, 0.717) is 35.0 Å². The van der Waals surface area contributed by atoms with Gasteiger partial charge in [0.25, 0.3) is 0 Å². The molecule has 2 saturated heterocycles. The van der Waals surface area contributed by atoms with E-state index < -0.39 is 6.03 Å². The van der Waals surface area contributed by atoms with Crippen molar-refractivity contribution in [3.8, 4) is 5.88 Å². The topological polar surface area (TPSA) is 91.8 Å². The van der Waals surface area contributed by atoms with E-state index in [2.05, 4.69) is 30.4 Å². The number of anilines is 3. The van der Waals surface area contributed by atoms with Crippen LogP contribution in [0, 0.1) is 0 Å². The zero-order chi connectivity index (χ0) is 22.2. The third kappa shape index (κ3) is 6.69. The smallest absolute Gasteiger partial charge is 0.324 e. The highest BCUT2D eigenvalue weighted by Gasteiger charge is 2.17. The molecule has 2 aliphatic heterocycles. The Balaban J connectivity index is 1.42. The number of carbonyl (C=O) groups excluding carboxylic acids is 1. The van der Waals surface area contributed by atoms with Crippen molar-refractivity contribution in [3.05, 3.63) is 35.4 Å². The molecule has 2 N–H and O–H groups in total. The molecule has 9 nitrogen and oxygen atoms in total. The maximum atomic E-state index is 12.5. The van der Waals surface area contributed by atoms with Gasteiger partial charge in [-0.3, -0.25) is 10.2 Å². The average Bonchev–Trinajstić information content (AvgIpc) is 2.82. The van der Waals surface area contributed by atoms with Crippen LogP contribution in [0.4, 0.5) is 22.2 Å². The predicted octanol–water partition coefficient (Wildman–Crippen LogP) is 3.48. The molecular formula is C22H29ClN6O3. The molecule has 0 atom stereocenters. The first-order valence-electron chi connectivity index (χ1n) is 11.1. The first kappa shape index (κ1) is 22.6. The van der Waals surface area contributed by atoms with Crippen LogP contribution in [0.25, 0.3) is 0 Å². The quantitative estimate of drug-likeness (QED) is 0.653. The van der Waals surface area contributed by atoms with Crippen LogP contribution in [0.3, 0.4) is 0 Å². The van der Waals surface area contributed by atoms with Crippen molar-refractivity contribution in [3.63, 3.8) is 0 Å². The van der Waals surface area contributed by atoms with Crippen LogP contribution in [0.15, 0.2) is 30.3 Å². The van der Waals surface area contributed by atoms with Crippen molar-refractivity contribution < 1.29 is 14.3 Å². The Hall–Kier alpha value is -2.62. The number of rotatable bonds is 7. The van der Waals surface area contributed by atoms with Gasteiger partial charge in [0.1, 0.15) is 12.4 Å². The molecule has 0 aliphatic carbocycles. The molecule has 0 unspecified atom stereocenters. The Kier molecular flexibility index (Phi) is 7.97. The SMILES string of the molecule is O=C(Nc1ccc(Cl)cc1)Nc1cc(OCCN2CCOCC2)nc(N2CCCCC2)n1. The Morgan fingerprint density at radius 1 is 1.03 bits per heavy atom. The van der Waals surface area contributed by atoms with Gasteiger partial charge in [0.15, 0.2) is 0 Å². The van der Waals surface area contributed by atoms with E-state index in [1.165, 1.54) is 6.42 Å². The van der Waals surface area contributed by atoms with E-state index in [1.807, 2.05) is 0 Å². The number of carbonyl (C=O) groups is 1. The lowest BCUT2D eigenvalue weighted by atomic mass is 10.1. The summed E-state index contributed by atoms with van der Waals surface area (Å²) in [7, 11) is 0. The molecule has 10 heteroatoms. The van der Waals surface area contributed by atoms with Crippen molar-refractivity contribution in [2.75, 3.05) is 68.1 Å². The summed E-state index contributed by atoms with van der Waals surface area (Å²) in [4.78, 5) is 26.1. The number of aromatic nitrogens is 2. The van der Waals surface area contributed by atoms with E-state index in [4.69, 9.17) is 21.1 Å². The second-order valence-electron chi connectivity index (χ2n) is 7.83. The Labute approximate surface area is 193 Å². The number of halogens is 1. The normalized spacial score (nSPS) is 17.1. The summed E-state index contributed by atoms with van der Waals surface area (Å²) in [5.41, 5.74) is 0.638. The number of hydrogen-bond donors (Lipinski definition) is 2. The van der Waals surface area contributed by atoms with Crippen LogP contribution in [-0.4, -0.2) is 73.4 Å². The van der Waals surface area contributed by atoms with Crippen LogP contribution in [0.5, 0.6) is 5.88 Å². The van der Waals surface area contributed by atoms with Gasteiger partial charge in [-0.25, -0.2) is 4.79 Å². The number of morpholine rings is 1. The molecule has 1 aromatic heterocycles. The van der Waals surface area contributed by atoms with Gasteiger partial charge in [-0.1, -0.05) is 11.6 Å². The van der Waals surface area contributed by atoms with Crippen LogP contribution < -0.4 is 20.3 Å².